The zero-order chi connectivity index (χ0) is 26.9. The molecule has 1 unspecified atom stereocenters. The standard InChI is InChI=1S/C28H39N9O2/c1-2-20-15-29-9-6-22(20)16-33-28(38)21-4-3-5-23(14-21)32-18-26-35-36-27(25-8-11-31-19-34-25)37(26)12-13-39-24-7-10-30-17-24/h3-6,9,14-15,24-25,30-32,34H,2,7-8,10-13,16-19H2,1H3,(H,33,38)/t24-,25?/m1/s1. The number of hydrogen-bond acceptors (Lipinski definition) is 9. The Morgan fingerprint density at radius 2 is 2.05 bits per heavy atom. The molecule has 2 aromatic heterocycles. The summed E-state index contributed by atoms with van der Waals surface area (Å²) in [7, 11) is 0. The third-order valence-electron chi connectivity index (χ3n) is 7.33. The molecule has 0 bridgehead atoms. The first-order valence-electron chi connectivity index (χ1n) is 13.9. The van der Waals surface area contributed by atoms with Crippen LogP contribution in [-0.2, 0) is 30.8 Å². The van der Waals surface area contributed by atoms with Crippen molar-refractivity contribution in [2.45, 2.75) is 58.0 Å². The van der Waals surface area contributed by atoms with E-state index in [4.69, 9.17) is 4.74 Å². The van der Waals surface area contributed by atoms with Crippen LogP contribution in [0.1, 0.15) is 58.9 Å². The van der Waals surface area contributed by atoms with Gasteiger partial charge in [0.1, 0.15) is 5.82 Å². The van der Waals surface area contributed by atoms with Crippen molar-refractivity contribution >= 4 is 11.6 Å². The highest BCUT2D eigenvalue weighted by atomic mass is 16.5. The highest BCUT2D eigenvalue weighted by Gasteiger charge is 2.23. The first-order valence-corrected chi connectivity index (χ1v) is 13.9. The number of nitrogens with zero attached hydrogens (tertiary/aromatic N) is 4. The molecule has 5 rings (SSSR count). The Labute approximate surface area is 229 Å². The van der Waals surface area contributed by atoms with E-state index in [1.165, 1.54) is 0 Å². The Morgan fingerprint density at radius 3 is 2.87 bits per heavy atom. The normalized spacial score (nSPS) is 19.2. The van der Waals surface area contributed by atoms with Crippen molar-refractivity contribution in [2.75, 3.05) is 38.2 Å². The summed E-state index contributed by atoms with van der Waals surface area (Å²) in [5.41, 5.74) is 3.68. The van der Waals surface area contributed by atoms with Gasteiger partial charge in [-0.2, -0.15) is 0 Å². The second-order valence-electron chi connectivity index (χ2n) is 9.95. The largest absolute Gasteiger partial charge is 0.378 e. The SMILES string of the molecule is CCc1cnccc1CNC(=O)c1cccc(NCc2nnc(C3CCNCN3)n2CCO[C@@H]2CCNC2)c1. The van der Waals surface area contributed by atoms with Gasteiger partial charge in [0, 0.05) is 49.9 Å². The van der Waals surface area contributed by atoms with E-state index in [9.17, 15) is 4.79 Å². The van der Waals surface area contributed by atoms with Crippen molar-refractivity contribution in [1.29, 1.82) is 0 Å². The molecule has 3 aromatic rings. The number of aryl methyl sites for hydroxylation is 1. The summed E-state index contributed by atoms with van der Waals surface area (Å²) in [6.07, 6.45) is 6.76. The highest BCUT2D eigenvalue weighted by Crippen LogP contribution is 2.19. The molecular formula is C28H39N9O2. The van der Waals surface area contributed by atoms with Gasteiger partial charge in [0.05, 0.1) is 25.3 Å². The lowest BCUT2D eigenvalue weighted by atomic mass is 10.1. The molecule has 0 spiro atoms. The summed E-state index contributed by atoms with van der Waals surface area (Å²) >= 11 is 0. The van der Waals surface area contributed by atoms with Crippen LogP contribution in [-0.4, -0.2) is 64.7 Å². The molecular weight excluding hydrogens is 494 g/mol. The van der Waals surface area contributed by atoms with Gasteiger partial charge in [0.25, 0.3) is 5.91 Å². The molecule has 5 N–H and O–H groups in total. The summed E-state index contributed by atoms with van der Waals surface area (Å²) in [5, 5.41) is 25.7. The molecule has 0 radical (unpaired) electrons. The van der Waals surface area contributed by atoms with Gasteiger partial charge < -0.3 is 30.6 Å². The number of hydrogen-bond donors (Lipinski definition) is 5. The highest BCUT2D eigenvalue weighted by molar-refractivity contribution is 5.95. The van der Waals surface area contributed by atoms with Crippen LogP contribution in [0.15, 0.2) is 42.7 Å². The van der Waals surface area contributed by atoms with Crippen molar-refractivity contribution in [1.82, 2.24) is 41.0 Å². The fraction of sp³-hybridized carbons (Fsp3) is 0.500. The first kappa shape index (κ1) is 27.2. The number of rotatable bonds is 12. The molecule has 1 amide bonds. The van der Waals surface area contributed by atoms with Gasteiger partial charge in [0.2, 0.25) is 0 Å². The summed E-state index contributed by atoms with van der Waals surface area (Å²) < 4.78 is 8.28. The molecule has 4 heterocycles. The number of aromatic nitrogens is 4. The van der Waals surface area contributed by atoms with E-state index in [1.54, 1.807) is 6.20 Å². The quantitative estimate of drug-likeness (QED) is 0.236. The van der Waals surface area contributed by atoms with Gasteiger partial charge in [-0.25, -0.2) is 0 Å². The van der Waals surface area contributed by atoms with E-state index in [-0.39, 0.29) is 18.1 Å². The lowest BCUT2D eigenvalue weighted by Gasteiger charge is -2.24. The lowest BCUT2D eigenvalue weighted by molar-refractivity contribution is 0.0603. The van der Waals surface area contributed by atoms with E-state index in [0.29, 0.717) is 31.8 Å². The Morgan fingerprint density at radius 1 is 1.13 bits per heavy atom. The molecule has 2 aliphatic rings. The van der Waals surface area contributed by atoms with E-state index in [0.717, 1.165) is 74.0 Å². The number of benzene rings is 1. The number of carbonyl (C=O) groups excluding carboxylic acids is 1. The van der Waals surface area contributed by atoms with Crippen molar-refractivity contribution in [2.24, 2.45) is 0 Å². The average Bonchev–Trinajstić information content (AvgIpc) is 3.66. The molecule has 0 aliphatic carbocycles. The van der Waals surface area contributed by atoms with Gasteiger partial charge in [-0.05, 0) is 67.7 Å². The first-order chi connectivity index (χ1) is 19.2. The maximum atomic E-state index is 12.9. The van der Waals surface area contributed by atoms with Gasteiger partial charge in [0.15, 0.2) is 5.82 Å². The summed E-state index contributed by atoms with van der Waals surface area (Å²) in [4.78, 5) is 17.1. The Kier molecular flexibility index (Phi) is 9.49. The minimum absolute atomic E-state index is 0.112. The summed E-state index contributed by atoms with van der Waals surface area (Å²) in [5.74, 6) is 1.67. The van der Waals surface area contributed by atoms with Crippen molar-refractivity contribution < 1.29 is 9.53 Å². The molecule has 11 nitrogen and oxygen atoms in total. The van der Waals surface area contributed by atoms with Crippen LogP contribution in [0.25, 0.3) is 0 Å². The number of ether oxygens (including phenoxy) is 1. The minimum atomic E-state index is -0.112. The molecule has 2 saturated heterocycles. The Hall–Kier alpha value is -3.38. The lowest BCUT2D eigenvalue weighted by Crippen LogP contribution is -2.41. The number of carbonyl (C=O) groups is 1. The predicted octanol–water partition coefficient (Wildman–Crippen LogP) is 1.74. The average molecular weight is 534 g/mol. The molecule has 1 aromatic carbocycles. The second kappa shape index (κ2) is 13.6. The van der Waals surface area contributed by atoms with Crippen molar-refractivity contribution in [3.05, 3.63) is 71.1 Å². The van der Waals surface area contributed by atoms with Crippen molar-refractivity contribution in [3.63, 3.8) is 0 Å². The number of nitrogens with one attached hydrogen (secondary N) is 5. The Balaban J connectivity index is 1.22. The summed E-state index contributed by atoms with van der Waals surface area (Å²) in [6, 6.07) is 9.65. The minimum Gasteiger partial charge on any atom is -0.378 e. The Bertz CT molecular complexity index is 1220. The molecule has 2 fully saturated rings. The second-order valence-corrected chi connectivity index (χ2v) is 9.95. The molecule has 11 heteroatoms. The van der Waals surface area contributed by atoms with Gasteiger partial charge in [-0.1, -0.05) is 13.0 Å². The monoisotopic (exact) mass is 533 g/mol. The third-order valence-corrected chi connectivity index (χ3v) is 7.33. The number of anilines is 1. The van der Waals surface area contributed by atoms with Crippen LogP contribution in [0.3, 0.4) is 0 Å². The van der Waals surface area contributed by atoms with Gasteiger partial charge >= 0.3 is 0 Å². The fourth-order valence-corrected chi connectivity index (χ4v) is 5.09. The maximum absolute atomic E-state index is 12.9. The molecule has 39 heavy (non-hydrogen) atoms. The van der Waals surface area contributed by atoms with Crippen LogP contribution in [0.2, 0.25) is 0 Å². The van der Waals surface area contributed by atoms with E-state index < -0.39 is 0 Å². The van der Waals surface area contributed by atoms with Crippen LogP contribution in [0, 0.1) is 0 Å². The van der Waals surface area contributed by atoms with Crippen molar-refractivity contribution in [3.8, 4) is 0 Å². The third kappa shape index (κ3) is 7.18. The number of pyridine rings is 1. The summed E-state index contributed by atoms with van der Waals surface area (Å²) in [6.45, 7) is 7.97. The van der Waals surface area contributed by atoms with E-state index in [1.807, 2.05) is 36.5 Å². The molecule has 2 atom stereocenters. The topological polar surface area (TPSA) is 130 Å². The van der Waals surface area contributed by atoms with Crippen LogP contribution in [0.4, 0.5) is 5.69 Å². The van der Waals surface area contributed by atoms with Crippen LogP contribution < -0.4 is 26.6 Å². The maximum Gasteiger partial charge on any atom is 0.251 e. The van der Waals surface area contributed by atoms with Gasteiger partial charge in [-0.3, -0.25) is 15.1 Å². The predicted molar refractivity (Wildman–Crippen MR) is 149 cm³/mol. The van der Waals surface area contributed by atoms with E-state index >= 15 is 0 Å². The molecule has 0 saturated carbocycles. The van der Waals surface area contributed by atoms with Crippen LogP contribution >= 0.6 is 0 Å². The van der Waals surface area contributed by atoms with Crippen LogP contribution in [0.5, 0.6) is 0 Å². The van der Waals surface area contributed by atoms with Gasteiger partial charge in [-0.15, -0.1) is 10.2 Å². The zero-order valence-electron chi connectivity index (χ0n) is 22.6. The molecule has 208 valence electrons. The van der Waals surface area contributed by atoms with E-state index in [2.05, 4.69) is 53.3 Å². The number of amides is 1. The molecule has 2 aliphatic heterocycles. The smallest absolute Gasteiger partial charge is 0.251 e. The zero-order valence-corrected chi connectivity index (χ0v) is 22.6. The fourth-order valence-electron chi connectivity index (χ4n) is 5.09.